The molecule has 0 atom stereocenters. The molecular weight excluding hydrogens is 709 g/mol. The Morgan fingerprint density at radius 3 is 1.74 bits per heavy atom. The SMILES string of the molecule is O=c1[nH]c(N2CCC3(CC2)CN(Cc2ccccc2)c2ccccc23)nc2c1CCCC2.O=c1[nH]c(N2CCC3(CC2)CNc2ccccc23)nc2c1CCCC2. The Kier molecular flexibility index (Phi) is 9.38. The van der Waals surface area contributed by atoms with Gasteiger partial charge in [-0.1, -0.05) is 66.7 Å². The van der Waals surface area contributed by atoms with Gasteiger partial charge in [0, 0.05) is 79.1 Å². The number of aromatic nitrogens is 4. The quantitative estimate of drug-likeness (QED) is 0.183. The summed E-state index contributed by atoms with van der Waals surface area (Å²) >= 11 is 0. The number of piperidine rings is 2. The van der Waals surface area contributed by atoms with Gasteiger partial charge in [0.15, 0.2) is 0 Å². The van der Waals surface area contributed by atoms with E-state index in [4.69, 9.17) is 9.97 Å². The minimum absolute atomic E-state index is 0.0743. The zero-order valence-corrected chi connectivity index (χ0v) is 33.0. The summed E-state index contributed by atoms with van der Waals surface area (Å²) in [5.74, 6) is 1.55. The number of para-hydroxylation sites is 2. The second-order valence-electron chi connectivity index (χ2n) is 17.3. The van der Waals surface area contributed by atoms with Crippen molar-refractivity contribution < 1.29 is 0 Å². The number of rotatable bonds is 4. The van der Waals surface area contributed by atoms with Crippen LogP contribution in [0.2, 0.25) is 0 Å². The van der Waals surface area contributed by atoms with Crippen LogP contribution < -0.4 is 31.1 Å². The van der Waals surface area contributed by atoms with Gasteiger partial charge in [0.1, 0.15) is 0 Å². The van der Waals surface area contributed by atoms with Gasteiger partial charge in [-0.25, -0.2) is 9.97 Å². The summed E-state index contributed by atoms with van der Waals surface area (Å²) in [7, 11) is 0. The molecule has 10 nitrogen and oxygen atoms in total. The molecule has 2 aromatic heterocycles. The molecule has 0 unspecified atom stereocenters. The lowest BCUT2D eigenvalue weighted by Gasteiger charge is -2.40. The number of anilines is 4. The summed E-state index contributed by atoms with van der Waals surface area (Å²) in [6.07, 6.45) is 12.5. The van der Waals surface area contributed by atoms with Crippen molar-refractivity contribution in [1.82, 2.24) is 19.9 Å². The van der Waals surface area contributed by atoms with E-state index in [1.54, 1.807) is 0 Å². The summed E-state index contributed by atoms with van der Waals surface area (Å²) in [5, 5.41) is 3.57. The van der Waals surface area contributed by atoms with Crippen LogP contribution in [0.3, 0.4) is 0 Å². The van der Waals surface area contributed by atoms with E-state index in [9.17, 15) is 9.59 Å². The lowest BCUT2D eigenvalue weighted by atomic mass is 9.74. The largest absolute Gasteiger partial charge is 0.384 e. The highest BCUT2D eigenvalue weighted by Gasteiger charge is 2.45. The number of fused-ring (bicyclic) bond motifs is 6. The Bertz CT molecular complexity index is 2370. The summed E-state index contributed by atoms with van der Waals surface area (Å²) in [6.45, 7) is 6.76. The fourth-order valence-corrected chi connectivity index (χ4v) is 10.8. The van der Waals surface area contributed by atoms with Crippen molar-refractivity contribution in [3.63, 3.8) is 0 Å². The number of aromatic amines is 2. The number of nitrogens with zero attached hydrogens (tertiary/aromatic N) is 5. The molecule has 2 saturated heterocycles. The van der Waals surface area contributed by atoms with Crippen LogP contribution in [0.4, 0.5) is 23.3 Å². The maximum atomic E-state index is 12.6. The zero-order valence-electron chi connectivity index (χ0n) is 33.0. The van der Waals surface area contributed by atoms with E-state index in [1.807, 2.05) is 0 Å². The van der Waals surface area contributed by atoms with Crippen LogP contribution in [0.5, 0.6) is 0 Å². The normalized spacial score (nSPS) is 19.9. The summed E-state index contributed by atoms with van der Waals surface area (Å²) in [4.78, 5) is 48.0. The molecule has 3 aromatic carbocycles. The van der Waals surface area contributed by atoms with Crippen molar-refractivity contribution in [2.24, 2.45) is 0 Å². The molecule has 2 fully saturated rings. The van der Waals surface area contributed by atoms with Crippen molar-refractivity contribution in [3.8, 4) is 0 Å². The lowest BCUT2D eigenvalue weighted by molar-refractivity contribution is 0.347. The molecule has 0 amide bonds. The topological polar surface area (TPSA) is 113 Å². The number of benzene rings is 3. The van der Waals surface area contributed by atoms with E-state index in [2.05, 4.69) is 109 Å². The van der Waals surface area contributed by atoms with Gasteiger partial charge < -0.3 is 20.0 Å². The Labute approximate surface area is 334 Å². The van der Waals surface area contributed by atoms with E-state index < -0.39 is 0 Å². The van der Waals surface area contributed by atoms with Crippen molar-refractivity contribution in [2.75, 3.05) is 59.3 Å². The third kappa shape index (κ3) is 6.70. The van der Waals surface area contributed by atoms with E-state index >= 15 is 0 Å². The molecule has 0 bridgehead atoms. The maximum absolute atomic E-state index is 12.6. The van der Waals surface area contributed by atoms with Crippen LogP contribution in [-0.2, 0) is 43.1 Å². The predicted octanol–water partition coefficient (Wildman–Crippen LogP) is 6.82. The summed E-state index contributed by atoms with van der Waals surface area (Å²) < 4.78 is 0. The van der Waals surface area contributed by atoms with Gasteiger partial charge in [-0.05, 0) is 106 Å². The molecule has 57 heavy (non-hydrogen) atoms. The number of aryl methyl sites for hydroxylation is 2. The molecule has 0 radical (unpaired) electrons. The van der Waals surface area contributed by atoms with Gasteiger partial charge in [0.05, 0.1) is 11.4 Å². The van der Waals surface area contributed by atoms with Crippen LogP contribution in [0.1, 0.15) is 90.6 Å². The van der Waals surface area contributed by atoms with Gasteiger partial charge in [0.25, 0.3) is 11.1 Å². The second kappa shape index (κ2) is 14.8. The molecule has 294 valence electrons. The molecule has 2 spiro atoms. The predicted molar refractivity (Wildman–Crippen MR) is 228 cm³/mol. The average Bonchev–Trinajstić information content (AvgIpc) is 3.76. The number of hydrogen-bond donors (Lipinski definition) is 3. The average molecular weight is 763 g/mol. The number of hydrogen-bond acceptors (Lipinski definition) is 8. The van der Waals surface area contributed by atoms with Crippen LogP contribution in [-0.4, -0.2) is 59.2 Å². The minimum Gasteiger partial charge on any atom is -0.384 e. The third-order valence-electron chi connectivity index (χ3n) is 14.0. The second-order valence-corrected chi connectivity index (χ2v) is 17.3. The Morgan fingerprint density at radius 1 is 0.579 bits per heavy atom. The highest BCUT2D eigenvalue weighted by Crippen LogP contribution is 2.48. The fraction of sp³-hybridized carbons (Fsp3) is 0.447. The molecule has 10 heteroatoms. The van der Waals surface area contributed by atoms with Crippen LogP contribution >= 0.6 is 0 Å². The lowest BCUT2D eigenvalue weighted by Crippen LogP contribution is -2.46. The number of H-pyrrole nitrogens is 2. The van der Waals surface area contributed by atoms with Gasteiger partial charge in [0.2, 0.25) is 11.9 Å². The van der Waals surface area contributed by atoms with Gasteiger partial charge in [-0.15, -0.1) is 0 Å². The molecule has 6 heterocycles. The van der Waals surface area contributed by atoms with Crippen molar-refractivity contribution in [3.05, 3.63) is 139 Å². The highest BCUT2D eigenvalue weighted by atomic mass is 16.1. The van der Waals surface area contributed by atoms with E-state index in [-0.39, 0.29) is 21.9 Å². The summed E-state index contributed by atoms with van der Waals surface area (Å²) in [5.41, 5.74) is 11.4. The smallest absolute Gasteiger partial charge is 0.255 e. The molecule has 0 saturated carbocycles. The van der Waals surface area contributed by atoms with Gasteiger partial charge in [-0.2, -0.15) is 0 Å². The van der Waals surface area contributed by atoms with Crippen molar-refractivity contribution in [2.45, 2.75) is 94.4 Å². The Morgan fingerprint density at radius 2 is 1.11 bits per heavy atom. The molecule has 2 aliphatic carbocycles. The van der Waals surface area contributed by atoms with Crippen LogP contribution in [0.25, 0.3) is 0 Å². The molecule has 5 aromatic rings. The summed E-state index contributed by atoms with van der Waals surface area (Å²) in [6, 6.07) is 28.4. The van der Waals surface area contributed by atoms with E-state index in [0.717, 1.165) is 157 Å². The van der Waals surface area contributed by atoms with E-state index in [0.29, 0.717) is 0 Å². The monoisotopic (exact) mass is 762 g/mol. The Balaban J connectivity index is 0.000000143. The Hall–Kier alpha value is -5.38. The zero-order chi connectivity index (χ0) is 38.4. The van der Waals surface area contributed by atoms with Crippen molar-refractivity contribution in [1.29, 1.82) is 0 Å². The first kappa shape index (κ1) is 36.0. The highest BCUT2D eigenvalue weighted by molar-refractivity contribution is 5.64. The standard InChI is InChI=1S/C27H30N4O.C20H24N4O/c32-25-21-10-4-6-12-23(21)28-26(29-25)30-16-14-27(15-17-30)19-31(18-20-8-2-1-3-9-20)24-13-7-5-11-22(24)27;25-18-14-5-1-3-7-16(14)22-19(23-18)24-11-9-20(10-12-24)13-21-17-8-4-2-6-15(17)20/h1-3,5,7-9,11,13H,4,6,10,12,14-19H2,(H,28,29,32);2,4,6,8,21H,1,3,5,7,9-13H2,(H,22,23,25). The van der Waals surface area contributed by atoms with Gasteiger partial charge in [-0.3, -0.25) is 19.6 Å². The molecule has 6 aliphatic rings. The first-order chi connectivity index (χ1) is 28.0. The minimum atomic E-state index is 0.0743. The van der Waals surface area contributed by atoms with Crippen molar-refractivity contribution >= 4 is 23.3 Å². The fourth-order valence-electron chi connectivity index (χ4n) is 10.8. The molecule has 3 N–H and O–H groups in total. The van der Waals surface area contributed by atoms with Gasteiger partial charge >= 0.3 is 0 Å². The van der Waals surface area contributed by atoms with Crippen LogP contribution in [0.15, 0.2) is 88.5 Å². The molecular formula is C47H54N8O2. The first-order valence-corrected chi connectivity index (χ1v) is 21.4. The molecule has 4 aliphatic heterocycles. The number of nitrogens with one attached hydrogen (secondary N) is 3. The third-order valence-corrected chi connectivity index (χ3v) is 14.0. The van der Waals surface area contributed by atoms with E-state index in [1.165, 1.54) is 28.1 Å². The first-order valence-electron chi connectivity index (χ1n) is 21.4. The molecule has 11 rings (SSSR count). The van der Waals surface area contributed by atoms with Crippen LogP contribution in [0, 0.1) is 0 Å². The maximum Gasteiger partial charge on any atom is 0.255 e.